The van der Waals surface area contributed by atoms with Gasteiger partial charge in [-0.3, -0.25) is 9.69 Å². The number of hydrogen-bond donors (Lipinski definition) is 0. The average molecular weight is 327 g/mol. The molecular formula is C22H17NO2. The molecule has 0 aromatic heterocycles. The summed E-state index contributed by atoms with van der Waals surface area (Å²) in [7, 11) is 0. The molecule has 0 atom stereocenters. The summed E-state index contributed by atoms with van der Waals surface area (Å²) >= 11 is 0. The van der Waals surface area contributed by atoms with Crippen LogP contribution in [0.25, 0.3) is 6.08 Å². The number of anilines is 1. The van der Waals surface area contributed by atoms with Gasteiger partial charge in [0.15, 0.2) is 11.5 Å². The van der Waals surface area contributed by atoms with E-state index in [-0.39, 0.29) is 5.91 Å². The van der Waals surface area contributed by atoms with Gasteiger partial charge in [-0.05, 0) is 29.3 Å². The van der Waals surface area contributed by atoms with Gasteiger partial charge in [0.25, 0.3) is 5.91 Å². The van der Waals surface area contributed by atoms with E-state index in [9.17, 15) is 4.79 Å². The number of rotatable bonds is 3. The third-order valence-electron chi connectivity index (χ3n) is 4.11. The molecule has 3 nitrogen and oxygen atoms in total. The Morgan fingerprint density at radius 3 is 2.20 bits per heavy atom. The van der Waals surface area contributed by atoms with Crippen molar-refractivity contribution in [1.82, 2.24) is 0 Å². The Morgan fingerprint density at radius 2 is 1.44 bits per heavy atom. The van der Waals surface area contributed by atoms with Crippen molar-refractivity contribution in [3.63, 3.8) is 0 Å². The molecule has 0 unspecified atom stereocenters. The van der Waals surface area contributed by atoms with Crippen molar-refractivity contribution in [1.29, 1.82) is 0 Å². The molecule has 4 rings (SSSR count). The van der Waals surface area contributed by atoms with E-state index >= 15 is 0 Å². The van der Waals surface area contributed by atoms with Crippen LogP contribution in [0.2, 0.25) is 0 Å². The van der Waals surface area contributed by atoms with Crippen LogP contribution in [0.5, 0.6) is 5.75 Å². The number of benzene rings is 3. The van der Waals surface area contributed by atoms with Crippen LogP contribution in [0.1, 0.15) is 11.1 Å². The predicted molar refractivity (Wildman–Crippen MR) is 99.1 cm³/mol. The molecule has 0 saturated heterocycles. The van der Waals surface area contributed by atoms with Crippen LogP contribution >= 0.6 is 0 Å². The molecule has 25 heavy (non-hydrogen) atoms. The van der Waals surface area contributed by atoms with E-state index < -0.39 is 0 Å². The monoisotopic (exact) mass is 327 g/mol. The standard InChI is InChI=1S/C22H17NO2/c24-22-21(15-17-9-3-1-4-10-17)25-20-14-8-7-13-19(20)23(22)16-18-11-5-2-6-12-18/h1-15H,16H2/b21-15-. The van der Waals surface area contributed by atoms with Crippen molar-refractivity contribution in [3.05, 3.63) is 102 Å². The van der Waals surface area contributed by atoms with Gasteiger partial charge < -0.3 is 4.74 Å². The van der Waals surface area contributed by atoms with Crippen LogP contribution in [0.4, 0.5) is 5.69 Å². The minimum atomic E-state index is -0.133. The average Bonchev–Trinajstić information content (AvgIpc) is 2.67. The summed E-state index contributed by atoms with van der Waals surface area (Å²) in [5, 5.41) is 0. The van der Waals surface area contributed by atoms with Gasteiger partial charge in [0.1, 0.15) is 0 Å². The van der Waals surface area contributed by atoms with E-state index in [4.69, 9.17) is 4.74 Å². The highest BCUT2D eigenvalue weighted by molar-refractivity contribution is 6.09. The Kier molecular flexibility index (Phi) is 4.05. The van der Waals surface area contributed by atoms with E-state index in [1.807, 2.05) is 84.9 Å². The summed E-state index contributed by atoms with van der Waals surface area (Å²) in [6.45, 7) is 0.506. The number of nitrogens with zero attached hydrogens (tertiary/aromatic N) is 1. The number of fused-ring (bicyclic) bond motifs is 1. The number of para-hydroxylation sites is 2. The second-order valence-electron chi connectivity index (χ2n) is 5.87. The van der Waals surface area contributed by atoms with Crippen molar-refractivity contribution < 1.29 is 9.53 Å². The maximum absolute atomic E-state index is 13.0. The van der Waals surface area contributed by atoms with Crippen LogP contribution in [-0.2, 0) is 11.3 Å². The molecule has 0 fully saturated rings. The lowest BCUT2D eigenvalue weighted by Crippen LogP contribution is -2.36. The number of carbonyl (C=O) groups excluding carboxylic acids is 1. The van der Waals surface area contributed by atoms with Gasteiger partial charge >= 0.3 is 0 Å². The van der Waals surface area contributed by atoms with Crippen molar-refractivity contribution in [3.8, 4) is 5.75 Å². The Labute approximate surface area is 146 Å². The fourth-order valence-electron chi connectivity index (χ4n) is 2.89. The second kappa shape index (κ2) is 6.65. The number of amides is 1. The van der Waals surface area contributed by atoms with E-state index in [2.05, 4.69) is 0 Å². The Hall–Kier alpha value is -3.33. The number of hydrogen-bond acceptors (Lipinski definition) is 2. The van der Waals surface area contributed by atoms with Crippen molar-refractivity contribution >= 4 is 17.7 Å². The molecule has 0 radical (unpaired) electrons. The van der Waals surface area contributed by atoms with Crippen LogP contribution in [0.3, 0.4) is 0 Å². The minimum Gasteiger partial charge on any atom is -0.449 e. The molecule has 1 aliphatic rings. The number of carbonyl (C=O) groups is 1. The molecule has 3 aromatic rings. The molecule has 0 saturated carbocycles. The highest BCUT2D eigenvalue weighted by Gasteiger charge is 2.30. The molecule has 3 aromatic carbocycles. The summed E-state index contributed by atoms with van der Waals surface area (Å²) in [6, 6.07) is 27.3. The Balaban J connectivity index is 1.74. The molecule has 0 aliphatic carbocycles. The zero-order chi connectivity index (χ0) is 17.1. The van der Waals surface area contributed by atoms with Crippen LogP contribution in [0.15, 0.2) is 90.7 Å². The largest absolute Gasteiger partial charge is 0.449 e. The third kappa shape index (κ3) is 3.17. The lowest BCUT2D eigenvalue weighted by atomic mass is 10.1. The maximum atomic E-state index is 13.0. The molecule has 0 N–H and O–H groups in total. The molecule has 0 bridgehead atoms. The second-order valence-corrected chi connectivity index (χ2v) is 5.87. The van der Waals surface area contributed by atoms with E-state index in [1.54, 1.807) is 11.0 Å². The molecule has 122 valence electrons. The van der Waals surface area contributed by atoms with Crippen molar-refractivity contribution in [2.24, 2.45) is 0 Å². The quantitative estimate of drug-likeness (QED) is 0.655. The Bertz CT molecular complexity index is 917. The third-order valence-corrected chi connectivity index (χ3v) is 4.11. The van der Waals surface area contributed by atoms with Gasteiger partial charge in [-0.2, -0.15) is 0 Å². The zero-order valence-electron chi connectivity index (χ0n) is 13.6. The first kappa shape index (κ1) is 15.2. The van der Waals surface area contributed by atoms with Gasteiger partial charge in [0, 0.05) is 0 Å². The van der Waals surface area contributed by atoms with Gasteiger partial charge in [-0.15, -0.1) is 0 Å². The fraction of sp³-hybridized carbons (Fsp3) is 0.0455. The molecule has 3 heteroatoms. The first-order valence-corrected chi connectivity index (χ1v) is 8.21. The fourth-order valence-corrected chi connectivity index (χ4v) is 2.89. The summed E-state index contributed by atoms with van der Waals surface area (Å²) in [5.74, 6) is 0.896. The minimum absolute atomic E-state index is 0.133. The molecular weight excluding hydrogens is 310 g/mol. The molecule has 0 spiro atoms. The summed E-state index contributed by atoms with van der Waals surface area (Å²) in [5.41, 5.74) is 2.80. The van der Waals surface area contributed by atoms with Crippen molar-refractivity contribution in [2.45, 2.75) is 6.54 Å². The predicted octanol–water partition coefficient (Wildman–Crippen LogP) is 4.65. The lowest BCUT2D eigenvalue weighted by Gasteiger charge is -2.30. The normalized spacial score (nSPS) is 15.0. The van der Waals surface area contributed by atoms with Crippen LogP contribution in [0, 0.1) is 0 Å². The van der Waals surface area contributed by atoms with Crippen LogP contribution in [-0.4, -0.2) is 5.91 Å². The summed E-state index contributed by atoms with van der Waals surface area (Å²) < 4.78 is 5.89. The number of ether oxygens (including phenoxy) is 1. The van der Waals surface area contributed by atoms with E-state index in [0.717, 1.165) is 16.8 Å². The topological polar surface area (TPSA) is 29.5 Å². The highest BCUT2D eigenvalue weighted by Crippen LogP contribution is 2.36. The first-order valence-electron chi connectivity index (χ1n) is 8.21. The maximum Gasteiger partial charge on any atom is 0.294 e. The summed E-state index contributed by atoms with van der Waals surface area (Å²) in [6.07, 6.45) is 1.79. The van der Waals surface area contributed by atoms with Gasteiger partial charge in [-0.1, -0.05) is 72.8 Å². The molecule has 1 heterocycles. The SMILES string of the molecule is O=C1/C(=C/c2ccccc2)Oc2ccccc2N1Cc1ccccc1. The van der Waals surface area contributed by atoms with E-state index in [0.29, 0.717) is 18.1 Å². The van der Waals surface area contributed by atoms with Gasteiger partial charge in [0.05, 0.1) is 12.2 Å². The van der Waals surface area contributed by atoms with Crippen molar-refractivity contribution in [2.75, 3.05) is 4.90 Å². The van der Waals surface area contributed by atoms with Crippen LogP contribution < -0.4 is 9.64 Å². The molecule has 1 amide bonds. The first-order chi connectivity index (χ1) is 12.3. The Morgan fingerprint density at radius 1 is 0.800 bits per heavy atom. The lowest BCUT2D eigenvalue weighted by molar-refractivity contribution is -0.117. The smallest absolute Gasteiger partial charge is 0.294 e. The van der Waals surface area contributed by atoms with E-state index in [1.165, 1.54) is 0 Å². The molecule has 1 aliphatic heterocycles. The summed E-state index contributed by atoms with van der Waals surface area (Å²) in [4.78, 5) is 14.8. The highest BCUT2D eigenvalue weighted by atomic mass is 16.5. The zero-order valence-corrected chi connectivity index (χ0v) is 13.6. The van der Waals surface area contributed by atoms with Gasteiger partial charge in [-0.25, -0.2) is 0 Å². The van der Waals surface area contributed by atoms with Gasteiger partial charge in [0.2, 0.25) is 0 Å².